The van der Waals surface area contributed by atoms with Gasteiger partial charge < -0.3 is 25.4 Å². The lowest BCUT2D eigenvalue weighted by Crippen LogP contribution is -2.40. The first kappa shape index (κ1) is 25.0. The second-order valence-corrected chi connectivity index (χ2v) is 9.04. The number of nitrogens with one attached hydrogen (secondary N) is 2. The number of amides is 3. The van der Waals surface area contributed by atoms with E-state index in [9.17, 15) is 19.5 Å². The fourth-order valence-electron chi connectivity index (χ4n) is 4.52. The van der Waals surface area contributed by atoms with Crippen molar-refractivity contribution in [1.82, 2.24) is 10.2 Å². The zero-order valence-corrected chi connectivity index (χ0v) is 20.9. The number of rotatable bonds is 7. The van der Waals surface area contributed by atoms with Gasteiger partial charge in [-0.1, -0.05) is 54.6 Å². The predicted octanol–water partition coefficient (Wildman–Crippen LogP) is 3.41. The summed E-state index contributed by atoms with van der Waals surface area (Å²) < 4.78 is 5.32. The highest BCUT2D eigenvalue weighted by atomic mass is 16.5. The van der Waals surface area contributed by atoms with E-state index in [2.05, 4.69) is 10.6 Å². The summed E-state index contributed by atoms with van der Waals surface area (Å²) in [5.74, 6) is -1.73. The lowest BCUT2D eigenvalue weighted by Gasteiger charge is -2.27. The Bertz CT molecular complexity index is 1380. The third kappa shape index (κ3) is 4.83. The van der Waals surface area contributed by atoms with E-state index in [4.69, 9.17) is 4.74 Å². The Balaban J connectivity index is 1.50. The fourth-order valence-corrected chi connectivity index (χ4v) is 4.52. The average Bonchev–Trinajstić information content (AvgIpc) is 3.19. The van der Waals surface area contributed by atoms with Crippen molar-refractivity contribution < 1.29 is 24.2 Å². The molecule has 0 radical (unpaired) electrons. The molecule has 194 valence electrons. The van der Waals surface area contributed by atoms with Crippen molar-refractivity contribution in [1.29, 1.82) is 0 Å². The maximum Gasteiger partial charge on any atom is 0.284 e. The Labute approximate surface area is 220 Å². The normalized spacial score (nSPS) is 16.6. The summed E-state index contributed by atoms with van der Waals surface area (Å²) in [5.41, 5.74) is 1.64. The van der Waals surface area contributed by atoms with Crippen molar-refractivity contribution in [2.45, 2.75) is 13.0 Å². The molecule has 9 nitrogen and oxygen atoms in total. The van der Waals surface area contributed by atoms with Crippen LogP contribution in [-0.4, -0.2) is 54.0 Å². The van der Waals surface area contributed by atoms with E-state index in [1.165, 1.54) is 6.07 Å². The molecule has 3 N–H and O–H groups in total. The first-order chi connectivity index (χ1) is 18.5. The molecule has 38 heavy (non-hydrogen) atoms. The number of phenols is 1. The molecule has 1 atom stereocenters. The maximum absolute atomic E-state index is 13.6. The van der Waals surface area contributed by atoms with Crippen LogP contribution in [0, 0.1) is 0 Å². The largest absolute Gasteiger partial charge is 0.505 e. The average molecular weight is 513 g/mol. The van der Waals surface area contributed by atoms with E-state index >= 15 is 0 Å². The predicted molar refractivity (Wildman–Crippen MR) is 142 cm³/mol. The number of phenolic OH excluding ortho intramolecular Hbond substituents is 1. The van der Waals surface area contributed by atoms with E-state index in [1.807, 2.05) is 37.3 Å². The van der Waals surface area contributed by atoms with E-state index in [-0.39, 0.29) is 40.3 Å². The highest BCUT2D eigenvalue weighted by Crippen LogP contribution is 2.33. The summed E-state index contributed by atoms with van der Waals surface area (Å²) in [7, 11) is 0. The third-order valence-corrected chi connectivity index (χ3v) is 6.58. The molecular weight excluding hydrogens is 484 g/mol. The van der Waals surface area contributed by atoms with Crippen LogP contribution in [0.5, 0.6) is 5.75 Å². The van der Waals surface area contributed by atoms with Crippen molar-refractivity contribution >= 4 is 29.1 Å². The number of carbonyl (C=O) groups is 3. The minimum absolute atomic E-state index is 0.0205. The smallest absolute Gasteiger partial charge is 0.284 e. The number of nitrogens with zero attached hydrogens (tertiary/aromatic N) is 2. The zero-order chi connectivity index (χ0) is 26.6. The van der Waals surface area contributed by atoms with Crippen LogP contribution in [0.1, 0.15) is 28.9 Å². The van der Waals surface area contributed by atoms with Crippen LogP contribution in [0.3, 0.4) is 0 Å². The molecule has 0 spiro atoms. The van der Waals surface area contributed by atoms with Gasteiger partial charge in [-0.05, 0) is 36.8 Å². The summed E-state index contributed by atoms with van der Waals surface area (Å²) in [5, 5.41) is 17.2. The minimum Gasteiger partial charge on any atom is -0.505 e. The van der Waals surface area contributed by atoms with Gasteiger partial charge in [0.1, 0.15) is 11.4 Å². The summed E-state index contributed by atoms with van der Waals surface area (Å²) in [4.78, 5) is 42.9. The molecule has 0 aliphatic carbocycles. The number of hydrogen-bond donors (Lipinski definition) is 3. The fraction of sp³-hybridized carbons (Fsp3) is 0.207. The number of hydrogen-bond acceptors (Lipinski definition) is 7. The number of ether oxygens (including phenoxy) is 1. The third-order valence-electron chi connectivity index (χ3n) is 6.58. The lowest BCUT2D eigenvalue weighted by molar-refractivity contribution is -0.120. The van der Waals surface area contributed by atoms with Crippen LogP contribution in [0.25, 0.3) is 0 Å². The van der Waals surface area contributed by atoms with Crippen molar-refractivity contribution in [3.05, 3.63) is 101 Å². The van der Waals surface area contributed by atoms with Gasteiger partial charge in [0, 0.05) is 19.1 Å². The monoisotopic (exact) mass is 512 g/mol. The Morgan fingerprint density at radius 1 is 0.868 bits per heavy atom. The van der Waals surface area contributed by atoms with Crippen LogP contribution in [0.4, 0.5) is 11.4 Å². The topological polar surface area (TPSA) is 111 Å². The van der Waals surface area contributed by atoms with Gasteiger partial charge >= 0.3 is 0 Å². The van der Waals surface area contributed by atoms with Crippen LogP contribution in [-0.2, 0) is 14.3 Å². The summed E-state index contributed by atoms with van der Waals surface area (Å²) in [6.45, 7) is 3.59. The molecule has 9 heteroatoms. The minimum atomic E-state index is -0.576. The summed E-state index contributed by atoms with van der Waals surface area (Å²) in [6.07, 6.45) is 0. The van der Waals surface area contributed by atoms with Gasteiger partial charge in [0.25, 0.3) is 17.7 Å². The molecule has 0 saturated carbocycles. The van der Waals surface area contributed by atoms with Gasteiger partial charge in [-0.2, -0.15) is 0 Å². The second-order valence-electron chi connectivity index (χ2n) is 9.04. The molecule has 3 aromatic carbocycles. The Morgan fingerprint density at radius 3 is 2.18 bits per heavy atom. The number of para-hydroxylation sites is 2. The molecule has 2 aliphatic rings. The first-order valence-electron chi connectivity index (χ1n) is 12.4. The number of anilines is 2. The van der Waals surface area contributed by atoms with Gasteiger partial charge in [0.05, 0.1) is 30.2 Å². The standard InChI is InChI=1S/C29H28N4O5/c1-19(20-9-4-2-5-10-20)30-24-25(29(37)33(28(24)36)21-11-6-3-7-12-21)31-23-14-8-13-22(26(23)34)27(35)32-15-17-38-18-16-32/h2-14,19,30-31,34H,15-18H2,1H3/t19-/m1/s1. The molecule has 5 rings (SSSR count). The van der Waals surface area contributed by atoms with Gasteiger partial charge in [-0.3, -0.25) is 14.4 Å². The van der Waals surface area contributed by atoms with Gasteiger partial charge in [0.2, 0.25) is 0 Å². The van der Waals surface area contributed by atoms with Crippen molar-refractivity contribution in [3.63, 3.8) is 0 Å². The summed E-state index contributed by atoms with van der Waals surface area (Å²) >= 11 is 0. The van der Waals surface area contributed by atoms with Crippen LogP contribution >= 0.6 is 0 Å². The highest BCUT2D eigenvalue weighted by molar-refractivity contribution is 6.33. The van der Waals surface area contributed by atoms with Crippen molar-refractivity contribution in [2.75, 3.05) is 36.5 Å². The van der Waals surface area contributed by atoms with Crippen molar-refractivity contribution in [3.8, 4) is 5.75 Å². The van der Waals surface area contributed by atoms with Crippen molar-refractivity contribution in [2.24, 2.45) is 0 Å². The lowest BCUT2D eigenvalue weighted by atomic mass is 10.1. The molecule has 1 saturated heterocycles. The number of carbonyl (C=O) groups excluding carboxylic acids is 3. The van der Waals surface area contributed by atoms with Crippen LogP contribution in [0.15, 0.2) is 90.3 Å². The molecule has 0 unspecified atom stereocenters. The van der Waals surface area contributed by atoms with Gasteiger partial charge in [-0.15, -0.1) is 0 Å². The SMILES string of the molecule is C[C@@H](NC1=C(Nc2cccc(C(=O)N3CCOCC3)c2O)C(=O)N(c2ccccc2)C1=O)c1ccccc1. The van der Waals surface area contributed by atoms with E-state index in [0.717, 1.165) is 10.5 Å². The summed E-state index contributed by atoms with van der Waals surface area (Å²) in [6, 6.07) is 22.6. The number of aromatic hydroxyl groups is 1. The van der Waals surface area contributed by atoms with Gasteiger partial charge in [-0.25, -0.2) is 4.90 Å². The second kappa shape index (κ2) is 10.8. The van der Waals surface area contributed by atoms with Gasteiger partial charge in [0.15, 0.2) is 5.75 Å². The number of imide groups is 1. The van der Waals surface area contributed by atoms with Crippen LogP contribution in [0.2, 0.25) is 0 Å². The zero-order valence-electron chi connectivity index (χ0n) is 20.9. The molecule has 3 aromatic rings. The number of morpholine rings is 1. The van der Waals surface area contributed by atoms with E-state index in [1.54, 1.807) is 47.4 Å². The highest BCUT2D eigenvalue weighted by Gasteiger charge is 2.40. The molecule has 0 aromatic heterocycles. The van der Waals surface area contributed by atoms with E-state index in [0.29, 0.717) is 32.0 Å². The Kier molecular flexibility index (Phi) is 7.10. The Hall–Kier alpha value is -4.63. The number of benzene rings is 3. The Morgan fingerprint density at radius 2 is 1.50 bits per heavy atom. The molecule has 3 amide bonds. The molecule has 0 bridgehead atoms. The molecule has 2 aliphatic heterocycles. The molecule has 2 heterocycles. The molecular formula is C29H28N4O5. The van der Waals surface area contributed by atoms with Crippen LogP contribution < -0.4 is 15.5 Å². The van der Waals surface area contributed by atoms with E-state index < -0.39 is 11.8 Å². The quantitative estimate of drug-likeness (QED) is 0.329. The maximum atomic E-state index is 13.6. The first-order valence-corrected chi connectivity index (χ1v) is 12.4. The molecule has 1 fully saturated rings.